The lowest BCUT2D eigenvalue weighted by Crippen LogP contribution is -2.49. The summed E-state index contributed by atoms with van der Waals surface area (Å²) in [4.78, 5) is 18.5. The number of carbonyl (C=O) groups excluding carboxylic acids is 1. The summed E-state index contributed by atoms with van der Waals surface area (Å²) in [5, 5.41) is 6.43. The van der Waals surface area contributed by atoms with Crippen molar-refractivity contribution >= 4 is 11.9 Å². The summed E-state index contributed by atoms with van der Waals surface area (Å²) in [7, 11) is 6.72. The Labute approximate surface area is 154 Å². The molecule has 0 bridgehead atoms. The maximum atomic E-state index is 13.8. The van der Waals surface area contributed by atoms with Crippen LogP contribution in [0.15, 0.2) is 23.2 Å². The maximum Gasteiger partial charge on any atom is 0.230 e. The molecule has 0 spiro atoms. The summed E-state index contributed by atoms with van der Waals surface area (Å²) in [6.07, 6.45) is 3.91. The van der Waals surface area contributed by atoms with E-state index < -0.39 is 5.82 Å². The Morgan fingerprint density at radius 2 is 2.00 bits per heavy atom. The van der Waals surface area contributed by atoms with Crippen molar-refractivity contribution in [3.05, 3.63) is 29.6 Å². The number of benzene rings is 1. The van der Waals surface area contributed by atoms with Crippen molar-refractivity contribution in [2.45, 2.75) is 32.2 Å². The van der Waals surface area contributed by atoms with Crippen LogP contribution in [0.5, 0.6) is 5.75 Å². The van der Waals surface area contributed by atoms with Gasteiger partial charge in [0.25, 0.3) is 0 Å². The highest BCUT2D eigenvalue weighted by Crippen LogP contribution is 2.38. The van der Waals surface area contributed by atoms with Gasteiger partial charge in [0.15, 0.2) is 17.5 Å². The minimum absolute atomic E-state index is 0.162. The van der Waals surface area contributed by atoms with Gasteiger partial charge >= 0.3 is 0 Å². The van der Waals surface area contributed by atoms with Crippen LogP contribution in [0.1, 0.15) is 31.2 Å². The zero-order chi connectivity index (χ0) is 19.2. The van der Waals surface area contributed by atoms with E-state index in [-0.39, 0.29) is 17.1 Å². The van der Waals surface area contributed by atoms with Crippen molar-refractivity contribution in [2.24, 2.45) is 10.4 Å². The maximum absolute atomic E-state index is 13.8. The normalized spacial score (nSPS) is 16.3. The summed E-state index contributed by atoms with van der Waals surface area (Å²) in [5.41, 5.74) is 0.416. The fourth-order valence-electron chi connectivity index (χ4n) is 3.47. The number of nitrogens with zero attached hydrogens (tertiary/aromatic N) is 2. The molecule has 0 heterocycles. The Bertz CT molecular complexity index is 655. The average molecular weight is 364 g/mol. The standard InChI is InChI=1S/C19H29FN4O2/c1-21-18(22-12-14-7-8-16(26-4)15(20)11-14)23-13-19(9-5-6-10-19)17(25)24(2)3/h7-8,11H,5-6,9-10,12-13H2,1-4H3,(H2,21,22,23). The van der Waals surface area contributed by atoms with Crippen LogP contribution in [0, 0.1) is 11.2 Å². The van der Waals surface area contributed by atoms with E-state index in [4.69, 9.17) is 4.74 Å². The minimum Gasteiger partial charge on any atom is -0.494 e. The van der Waals surface area contributed by atoms with Crippen LogP contribution < -0.4 is 15.4 Å². The number of guanidine groups is 1. The predicted octanol–water partition coefficient (Wildman–Crippen LogP) is 2.15. The third kappa shape index (κ3) is 4.65. The van der Waals surface area contributed by atoms with Gasteiger partial charge in [0, 0.05) is 34.2 Å². The predicted molar refractivity (Wildman–Crippen MR) is 101 cm³/mol. The fourth-order valence-corrected chi connectivity index (χ4v) is 3.47. The highest BCUT2D eigenvalue weighted by molar-refractivity contribution is 5.85. The largest absolute Gasteiger partial charge is 0.494 e. The number of carbonyl (C=O) groups is 1. The Morgan fingerprint density at radius 3 is 2.54 bits per heavy atom. The second-order valence-corrected chi connectivity index (χ2v) is 6.94. The SMILES string of the molecule is CN=C(NCc1ccc(OC)c(F)c1)NCC1(C(=O)N(C)C)CCCC1. The number of aliphatic imine (C=N–C) groups is 1. The summed E-state index contributed by atoms with van der Waals surface area (Å²) >= 11 is 0. The second-order valence-electron chi connectivity index (χ2n) is 6.94. The van der Waals surface area contributed by atoms with Gasteiger partial charge in [0.05, 0.1) is 12.5 Å². The van der Waals surface area contributed by atoms with Gasteiger partial charge in [-0.25, -0.2) is 4.39 Å². The molecule has 26 heavy (non-hydrogen) atoms. The Hall–Kier alpha value is -2.31. The number of methoxy groups -OCH3 is 1. The van der Waals surface area contributed by atoms with Crippen molar-refractivity contribution < 1.29 is 13.9 Å². The first-order valence-corrected chi connectivity index (χ1v) is 8.90. The zero-order valence-corrected chi connectivity index (χ0v) is 16.1. The van der Waals surface area contributed by atoms with Gasteiger partial charge < -0.3 is 20.3 Å². The first-order valence-electron chi connectivity index (χ1n) is 8.90. The Morgan fingerprint density at radius 1 is 1.31 bits per heavy atom. The van der Waals surface area contributed by atoms with E-state index in [0.29, 0.717) is 19.0 Å². The fraction of sp³-hybridized carbons (Fsp3) is 0.579. The van der Waals surface area contributed by atoms with Crippen LogP contribution >= 0.6 is 0 Å². The average Bonchev–Trinajstić information content (AvgIpc) is 3.11. The molecule has 0 aliphatic heterocycles. The number of rotatable bonds is 6. The van der Waals surface area contributed by atoms with Gasteiger partial charge in [-0.1, -0.05) is 18.9 Å². The lowest BCUT2D eigenvalue weighted by Gasteiger charge is -2.31. The molecule has 2 N–H and O–H groups in total. The molecule has 1 aliphatic rings. The summed E-state index contributed by atoms with van der Waals surface area (Å²) in [6, 6.07) is 4.84. The first kappa shape index (κ1) is 20.0. The molecule has 1 aliphatic carbocycles. The lowest BCUT2D eigenvalue weighted by atomic mass is 9.84. The number of halogens is 1. The van der Waals surface area contributed by atoms with Gasteiger partial charge in [-0.05, 0) is 30.5 Å². The number of amides is 1. The van der Waals surface area contributed by atoms with Crippen molar-refractivity contribution in [1.82, 2.24) is 15.5 Å². The van der Waals surface area contributed by atoms with E-state index in [2.05, 4.69) is 15.6 Å². The molecule has 0 atom stereocenters. The number of ether oxygens (including phenoxy) is 1. The quantitative estimate of drug-likeness (QED) is 0.600. The number of hydrogen-bond acceptors (Lipinski definition) is 3. The third-order valence-corrected chi connectivity index (χ3v) is 4.91. The van der Waals surface area contributed by atoms with Gasteiger partial charge in [-0.15, -0.1) is 0 Å². The summed E-state index contributed by atoms with van der Waals surface area (Å²) < 4.78 is 18.7. The van der Waals surface area contributed by atoms with Gasteiger partial charge in [0.1, 0.15) is 0 Å². The summed E-state index contributed by atoms with van der Waals surface area (Å²) in [6.45, 7) is 0.968. The van der Waals surface area contributed by atoms with Crippen LogP contribution in [-0.2, 0) is 11.3 Å². The highest BCUT2D eigenvalue weighted by Gasteiger charge is 2.42. The van der Waals surface area contributed by atoms with E-state index in [0.717, 1.165) is 31.2 Å². The van der Waals surface area contributed by atoms with E-state index in [1.807, 2.05) is 0 Å². The molecule has 144 valence electrons. The molecular formula is C19H29FN4O2. The summed E-state index contributed by atoms with van der Waals surface area (Å²) in [5.74, 6) is 0.590. The third-order valence-electron chi connectivity index (χ3n) is 4.91. The molecule has 1 amide bonds. The molecule has 2 rings (SSSR count). The van der Waals surface area contributed by atoms with E-state index in [9.17, 15) is 9.18 Å². The Kier molecular flexibility index (Phi) is 6.83. The molecule has 0 saturated heterocycles. The van der Waals surface area contributed by atoms with Gasteiger partial charge in [-0.3, -0.25) is 9.79 Å². The molecule has 0 unspecified atom stereocenters. The van der Waals surface area contributed by atoms with Crippen molar-refractivity contribution in [3.63, 3.8) is 0 Å². The smallest absolute Gasteiger partial charge is 0.230 e. The van der Waals surface area contributed by atoms with Crippen LogP contribution in [-0.4, -0.2) is 51.6 Å². The van der Waals surface area contributed by atoms with Crippen molar-refractivity contribution in [2.75, 3.05) is 34.8 Å². The van der Waals surface area contributed by atoms with Crippen molar-refractivity contribution in [3.8, 4) is 5.75 Å². The van der Waals surface area contributed by atoms with Crippen LogP contribution in [0.2, 0.25) is 0 Å². The molecule has 1 aromatic rings. The molecule has 1 saturated carbocycles. The topological polar surface area (TPSA) is 66.0 Å². The van der Waals surface area contributed by atoms with Crippen molar-refractivity contribution in [1.29, 1.82) is 0 Å². The molecule has 1 aromatic carbocycles. The lowest BCUT2D eigenvalue weighted by molar-refractivity contribution is -0.138. The van der Waals surface area contributed by atoms with E-state index >= 15 is 0 Å². The zero-order valence-electron chi connectivity index (χ0n) is 16.1. The van der Waals surface area contributed by atoms with Gasteiger partial charge in [0.2, 0.25) is 5.91 Å². The number of hydrogen-bond donors (Lipinski definition) is 2. The van der Waals surface area contributed by atoms with E-state index in [1.54, 1.807) is 38.2 Å². The minimum atomic E-state index is -0.392. The monoisotopic (exact) mass is 364 g/mol. The molecule has 0 radical (unpaired) electrons. The van der Waals surface area contributed by atoms with Crippen LogP contribution in [0.3, 0.4) is 0 Å². The number of nitrogens with one attached hydrogen (secondary N) is 2. The second kappa shape index (κ2) is 8.87. The molecule has 6 nitrogen and oxygen atoms in total. The highest BCUT2D eigenvalue weighted by atomic mass is 19.1. The van der Waals surface area contributed by atoms with Gasteiger partial charge in [-0.2, -0.15) is 0 Å². The molecule has 1 fully saturated rings. The molecule has 7 heteroatoms. The molecule has 0 aromatic heterocycles. The Balaban J connectivity index is 1.95. The van der Waals surface area contributed by atoms with E-state index in [1.165, 1.54) is 13.2 Å². The van der Waals surface area contributed by atoms with Crippen LogP contribution in [0.25, 0.3) is 0 Å². The van der Waals surface area contributed by atoms with Crippen LogP contribution in [0.4, 0.5) is 4.39 Å². The first-order chi connectivity index (χ1) is 12.4. The molecular weight excluding hydrogens is 335 g/mol.